The van der Waals surface area contributed by atoms with E-state index in [2.05, 4.69) is 153 Å². The number of imide groups is 2. The summed E-state index contributed by atoms with van der Waals surface area (Å²) in [6.45, 7) is 30.8. The summed E-state index contributed by atoms with van der Waals surface area (Å²) in [6, 6.07) is 17.4. The third-order valence-corrected chi connectivity index (χ3v) is 17.0. The number of rotatable bonds is 21. The number of hydrogen-bond donors (Lipinski definition) is 2. The molecular formula is C70H94N6O7. The first-order valence-electron chi connectivity index (χ1n) is 30.8. The van der Waals surface area contributed by atoms with E-state index < -0.39 is 47.0 Å². The van der Waals surface area contributed by atoms with Crippen LogP contribution in [0.5, 0.6) is 0 Å². The molecule has 83 heavy (non-hydrogen) atoms. The van der Waals surface area contributed by atoms with Crippen LogP contribution in [0.25, 0.3) is 50.7 Å². The van der Waals surface area contributed by atoms with E-state index in [4.69, 9.17) is 9.47 Å². The average molecular weight is 1130 g/mol. The number of carbonyl (C=O) groups is 5. The lowest BCUT2D eigenvalue weighted by Crippen LogP contribution is -2.63. The number of hydrogen-bond acceptors (Lipinski definition) is 7. The standard InChI is InChI=1S/C70H94N6O7/c1-16-22-45(4)73-55(53-28-18-24-49-26-20-30-57(73)60(49)53)36-34-51-32-33-52(35-37-56-54-29-19-25-50-27-21-31-58(61(50)54)74(56)46(5)23-17-2)59(51)62-63(77)75(67(81)76(64(62)78)48(7)42-83-69(11,12)13)47(6)41-82-66(80)72-43-70(14,15)40-44(3)38-39-71-65(79)68(8,9)10/h18-20,24-26,28-31,34-37,44-48H,16-17,21-23,27,32-33,38-43H2,1-15H3,(H,71,79)(H,72,80)/b51-34+,52-35+,55-36+,56-37+,62-59+. The quantitative estimate of drug-likeness (QED) is 0.0550. The van der Waals surface area contributed by atoms with Crippen molar-refractivity contribution in [2.24, 2.45) is 16.7 Å². The fourth-order valence-corrected chi connectivity index (χ4v) is 12.9. The van der Waals surface area contributed by atoms with Gasteiger partial charge in [-0.3, -0.25) is 24.2 Å². The van der Waals surface area contributed by atoms with E-state index in [1.807, 2.05) is 41.5 Å². The number of ether oxygens (including phenoxy) is 2. The zero-order valence-electron chi connectivity index (χ0n) is 52.5. The summed E-state index contributed by atoms with van der Waals surface area (Å²) < 4.78 is 17.0. The number of nitrogens with zero attached hydrogens (tertiary/aromatic N) is 4. The van der Waals surface area contributed by atoms with E-state index >= 15 is 14.4 Å². The van der Waals surface area contributed by atoms with Gasteiger partial charge in [-0.25, -0.2) is 9.59 Å². The Kier molecular flexibility index (Phi) is 19.2. The van der Waals surface area contributed by atoms with E-state index in [9.17, 15) is 9.59 Å². The molecule has 13 nitrogen and oxygen atoms in total. The van der Waals surface area contributed by atoms with Crippen LogP contribution < -0.4 is 26.7 Å². The molecule has 2 aliphatic carbocycles. The van der Waals surface area contributed by atoms with Gasteiger partial charge >= 0.3 is 12.1 Å². The maximum atomic E-state index is 15.7. The molecule has 5 atom stereocenters. The van der Waals surface area contributed by atoms with Gasteiger partial charge in [0.25, 0.3) is 11.8 Å². The highest BCUT2D eigenvalue weighted by Crippen LogP contribution is 2.41. The van der Waals surface area contributed by atoms with Gasteiger partial charge in [-0.2, -0.15) is 0 Å². The van der Waals surface area contributed by atoms with Crippen LogP contribution in [-0.4, -0.2) is 92.8 Å². The van der Waals surface area contributed by atoms with Crippen LogP contribution in [0.1, 0.15) is 179 Å². The highest BCUT2D eigenvalue weighted by molar-refractivity contribution is 6.30. The minimum atomic E-state index is -0.965. The van der Waals surface area contributed by atoms with E-state index in [0.29, 0.717) is 31.5 Å². The maximum Gasteiger partial charge on any atom is 0.407 e. The summed E-state index contributed by atoms with van der Waals surface area (Å²) in [5.41, 5.74) is 3.20. The number of aryl methyl sites for hydroxylation is 1. The van der Waals surface area contributed by atoms with Gasteiger partial charge in [-0.05, 0) is 157 Å². The minimum Gasteiger partial charge on any atom is -0.447 e. The Bertz CT molecular complexity index is 3550. The Balaban J connectivity index is 1.23. The van der Waals surface area contributed by atoms with E-state index in [-0.39, 0.29) is 48.1 Å². The number of amides is 6. The lowest BCUT2D eigenvalue weighted by molar-refractivity contribution is -0.140. The van der Waals surface area contributed by atoms with Crippen LogP contribution in [-0.2, 0) is 30.3 Å². The number of urea groups is 1. The SMILES string of the molecule is CCCC(C)n1c2c3c(cccc3\c1=C/C=C1\CCC(=C/C=c3\c4cccc5cccc(c54)n3C(C)CCC)\C1=C1\C(=O)N(C(C)COC(=O)NCC(C)(C)CC(C)CCNC(=O)C(C)(C)C)C(=O)N(C(C)COC(C)(C)C)C1=O)CCC=2. The molecule has 3 heterocycles. The largest absolute Gasteiger partial charge is 0.447 e. The lowest BCUT2D eigenvalue weighted by atomic mass is 9.82. The second kappa shape index (κ2) is 25.6. The average Bonchev–Trinajstić information content (AvgIpc) is 3.60. The van der Waals surface area contributed by atoms with Crippen molar-refractivity contribution in [1.29, 1.82) is 0 Å². The van der Waals surface area contributed by atoms with Crippen LogP contribution in [0.4, 0.5) is 9.59 Å². The molecule has 2 aromatic heterocycles. The molecular weight excluding hydrogens is 1040 g/mol. The Morgan fingerprint density at radius 1 is 0.639 bits per heavy atom. The van der Waals surface area contributed by atoms with E-state index in [0.717, 1.165) is 94.4 Å². The van der Waals surface area contributed by atoms with Crippen LogP contribution in [0, 0.1) is 16.7 Å². The van der Waals surface area contributed by atoms with Crippen molar-refractivity contribution in [3.63, 3.8) is 0 Å². The van der Waals surface area contributed by atoms with Gasteiger partial charge in [0.05, 0.1) is 24.3 Å². The second-order valence-electron chi connectivity index (χ2n) is 26.9. The first-order chi connectivity index (χ1) is 39.3. The predicted molar refractivity (Wildman–Crippen MR) is 337 cm³/mol. The zero-order valence-corrected chi connectivity index (χ0v) is 52.5. The predicted octanol–water partition coefficient (Wildman–Crippen LogP) is 12.8. The Hall–Kier alpha value is -6.73. The normalized spacial score (nSPS) is 19.6. The van der Waals surface area contributed by atoms with Gasteiger partial charge in [0.2, 0.25) is 5.91 Å². The Morgan fingerprint density at radius 2 is 1.20 bits per heavy atom. The molecule has 5 aromatic rings. The van der Waals surface area contributed by atoms with Gasteiger partial charge in [0.1, 0.15) is 12.2 Å². The first kappa shape index (κ1) is 62.3. The van der Waals surface area contributed by atoms with Crippen LogP contribution in [0.2, 0.25) is 0 Å². The number of carbonyl (C=O) groups excluding carboxylic acids is 5. The molecule has 0 bridgehead atoms. The molecule has 2 N–H and O–H groups in total. The summed E-state index contributed by atoms with van der Waals surface area (Å²) in [6.07, 6.45) is 18.9. The van der Waals surface area contributed by atoms with Crippen molar-refractivity contribution < 1.29 is 33.4 Å². The van der Waals surface area contributed by atoms with Gasteiger partial charge in [0.15, 0.2) is 0 Å². The number of alkyl carbamates (subject to hydrolysis) is 1. The smallest absolute Gasteiger partial charge is 0.407 e. The molecule has 6 amide bonds. The summed E-state index contributed by atoms with van der Waals surface area (Å²) in [5.74, 6) is -1.14. The fraction of sp³-hybridized carbons (Fsp3) is 0.529. The van der Waals surface area contributed by atoms with Gasteiger partial charge in [0, 0.05) is 73.7 Å². The number of benzene rings is 3. The number of nitrogens with one attached hydrogen (secondary N) is 2. The molecule has 3 aliphatic rings. The molecule has 1 saturated carbocycles. The van der Waals surface area contributed by atoms with Crippen LogP contribution in [0.15, 0.2) is 89.0 Å². The molecule has 446 valence electrons. The maximum absolute atomic E-state index is 15.7. The number of barbiturate groups is 1. The van der Waals surface area contributed by atoms with Crippen molar-refractivity contribution in [2.45, 2.75) is 198 Å². The molecule has 3 aromatic carbocycles. The van der Waals surface area contributed by atoms with Crippen LogP contribution in [0.3, 0.4) is 0 Å². The fourth-order valence-electron chi connectivity index (χ4n) is 12.9. The number of allylic oxidation sites excluding steroid dienone is 5. The minimum absolute atomic E-state index is 0.0126. The molecule has 13 heteroatoms. The summed E-state index contributed by atoms with van der Waals surface area (Å²) in [5, 5.41) is 15.3. The number of aromatic nitrogens is 2. The Morgan fingerprint density at radius 3 is 1.81 bits per heavy atom. The molecule has 1 aliphatic heterocycles. The topological polar surface area (TPSA) is 144 Å². The third-order valence-electron chi connectivity index (χ3n) is 17.0. The van der Waals surface area contributed by atoms with Crippen molar-refractivity contribution in [2.75, 3.05) is 26.3 Å². The summed E-state index contributed by atoms with van der Waals surface area (Å²) >= 11 is 0. The van der Waals surface area contributed by atoms with E-state index in [1.54, 1.807) is 13.8 Å². The highest BCUT2D eigenvalue weighted by Gasteiger charge is 2.49. The van der Waals surface area contributed by atoms with Gasteiger partial charge in [-0.15, -0.1) is 0 Å². The van der Waals surface area contributed by atoms with E-state index in [1.165, 1.54) is 32.0 Å². The first-order valence-corrected chi connectivity index (χ1v) is 30.8. The molecule has 2 fully saturated rings. The monoisotopic (exact) mass is 1130 g/mol. The lowest BCUT2D eigenvalue weighted by Gasteiger charge is -2.40. The summed E-state index contributed by atoms with van der Waals surface area (Å²) in [7, 11) is 0. The van der Waals surface area contributed by atoms with Crippen molar-refractivity contribution >= 4 is 80.5 Å². The molecule has 8 rings (SSSR count). The van der Waals surface area contributed by atoms with Gasteiger partial charge in [-0.1, -0.05) is 135 Å². The molecule has 0 radical (unpaired) electrons. The molecule has 1 saturated heterocycles. The molecule has 0 spiro atoms. The molecule has 5 unspecified atom stereocenters. The van der Waals surface area contributed by atoms with Crippen molar-refractivity contribution in [1.82, 2.24) is 29.6 Å². The van der Waals surface area contributed by atoms with Crippen molar-refractivity contribution in [3.05, 3.63) is 111 Å². The zero-order chi connectivity index (χ0) is 60.3. The highest BCUT2D eigenvalue weighted by atomic mass is 16.5. The van der Waals surface area contributed by atoms with Gasteiger partial charge < -0.3 is 29.2 Å². The Labute approximate surface area is 492 Å². The van der Waals surface area contributed by atoms with Crippen LogP contribution >= 0.6 is 0 Å². The summed E-state index contributed by atoms with van der Waals surface area (Å²) in [4.78, 5) is 74.7. The third kappa shape index (κ3) is 13.6. The second-order valence-corrected chi connectivity index (χ2v) is 26.9. The van der Waals surface area contributed by atoms with Crippen molar-refractivity contribution in [3.8, 4) is 0 Å².